The lowest BCUT2D eigenvalue weighted by molar-refractivity contribution is 0.0815. The van der Waals surface area contributed by atoms with Gasteiger partial charge in [-0.3, -0.25) is 0 Å². The summed E-state index contributed by atoms with van der Waals surface area (Å²) in [5, 5.41) is 4.46. The minimum absolute atomic E-state index is 0.257. The third-order valence-electron chi connectivity index (χ3n) is 6.08. The predicted molar refractivity (Wildman–Crippen MR) is 124 cm³/mol. The Hall–Kier alpha value is -3.18. The molecular weight excluding hydrogens is 410 g/mol. The van der Waals surface area contributed by atoms with Gasteiger partial charge in [-0.05, 0) is 42.0 Å². The molecule has 2 heterocycles. The van der Waals surface area contributed by atoms with Crippen LogP contribution < -0.4 is 10.2 Å². The van der Waals surface area contributed by atoms with E-state index in [-0.39, 0.29) is 11.8 Å². The Bertz CT molecular complexity index is 1060. The first-order valence-electron chi connectivity index (χ1n) is 10.5. The Morgan fingerprint density at radius 2 is 1.61 bits per heavy atom. The zero-order chi connectivity index (χ0) is 21.3. The topological polar surface area (TPSA) is 44.8 Å². The monoisotopic (exact) mass is 433 g/mol. The van der Waals surface area contributed by atoms with Crippen molar-refractivity contribution in [3.8, 4) is 0 Å². The van der Waals surface area contributed by atoms with Gasteiger partial charge < -0.3 is 19.9 Å². The van der Waals surface area contributed by atoms with E-state index in [2.05, 4.69) is 28.4 Å². The summed E-state index contributed by atoms with van der Waals surface area (Å²) in [4.78, 5) is 16.8. The maximum Gasteiger partial charge on any atom is 0.410 e. The zero-order valence-electron chi connectivity index (χ0n) is 17.1. The maximum absolute atomic E-state index is 12.6. The number of nitrogens with zero attached hydrogens (tertiary/aromatic N) is 2. The van der Waals surface area contributed by atoms with Crippen LogP contribution in [0.15, 0.2) is 78.9 Å². The molecule has 158 valence electrons. The Labute approximate surface area is 187 Å². The molecule has 1 N–H and O–H groups in total. The van der Waals surface area contributed by atoms with E-state index in [9.17, 15) is 4.79 Å². The third-order valence-corrected chi connectivity index (χ3v) is 6.33. The first-order chi connectivity index (χ1) is 15.1. The summed E-state index contributed by atoms with van der Waals surface area (Å²) in [7, 11) is 0. The normalized spacial score (nSPS) is 16.7. The van der Waals surface area contributed by atoms with Gasteiger partial charge in [-0.15, -0.1) is 0 Å². The van der Waals surface area contributed by atoms with Gasteiger partial charge in [0.05, 0.1) is 11.4 Å². The highest BCUT2D eigenvalue weighted by atomic mass is 35.5. The van der Waals surface area contributed by atoms with Crippen LogP contribution in [-0.4, -0.2) is 29.7 Å². The van der Waals surface area contributed by atoms with Crippen molar-refractivity contribution in [3.05, 3.63) is 89.4 Å². The number of halogens is 1. The summed E-state index contributed by atoms with van der Waals surface area (Å²) in [5.41, 5.74) is 4.05. The minimum Gasteiger partial charge on any atom is -0.445 e. The van der Waals surface area contributed by atoms with Crippen LogP contribution in [0.3, 0.4) is 0 Å². The molecule has 0 saturated carbocycles. The molecule has 0 radical (unpaired) electrons. The number of likely N-dealkylation sites (tertiary alicyclic amines) is 1. The molecule has 1 spiro atoms. The molecule has 2 aliphatic heterocycles. The number of nitrogens with one attached hydrogen (secondary N) is 1. The van der Waals surface area contributed by atoms with Crippen LogP contribution in [0.5, 0.6) is 0 Å². The van der Waals surface area contributed by atoms with Gasteiger partial charge in [0.15, 0.2) is 0 Å². The Morgan fingerprint density at radius 3 is 2.35 bits per heavy atom. The molecular formula is C25H24ClN3O2. The van der Waals surface area contributed by atoms with Gasteiger partial charge in [0.2, 0.25) is 0 Å². The van der Waals surface area contributed by atoms with Crippen LogP contribution in [0, 0.1) is 0 Å². The van der Waals surface area contributed by atoms with Crippen molar-refractivity contribution in [1.29, 1.82) is 0 Å². The molecule has 3 aromatic rings. The predicted octanol–water partition coefficient (Wildman–Crippen LogP) is 6.03. The smallest absolute Gasteiger partial charge is 0.410 e. The van der Waals surface area contributed by atoms with E-state index in [1.807, 2.05) is 60.7 Å². The van der Waals surface area contributed by atoms with E-state index >= 15 is 0 Å². The molecule has 3 aromatic carbocycles. The summed E-state index contributed by atoms with van der Waals surface area (Å²) in [6.45, 7) is 1.54. The number of amides is 1. The van der Waals surface area contributed by atoms with E-state index in [0.717, 1.165) is 35.5 Å². The summed E-state index contributed by atoms with van der Waals surface area (Å²) in [6.07, 6.45) is 1.31. The number of fused-ring (bicyclic) bond motifs is 1. The lowest BCUT2D eigenvalue weighted by atomic mass is 9.95. The quantitative estimate of drug-likeness (QED) is 0.547. The average Bonchev–Trinajstić information content (AvgIpc) is 3.12. The Morgan fingerprint density at radius 1 is 0.935 bits per heavy atom. The molecule has 5 rings (SSSR count). The van der Waals surface area contributed by atoms with Crippen LogP contribution in [0.1, 0.15) is 18.4 Å². The Balaban J connectivity index is 1.32. The fourth-order valence-corrected chi connectivity index (χ4v) is 4.63. The highest BCUT2D eigenvalue weighted by Crippen LogP contribution is 2.48. The number of carbonyl (C=O) groups excluding carboxylic acids is 1. The molecule has 1 fully saturated rings. The fraction of sp³-hybridized carbons (Fsp3) is 0.240. The van der Waals surface area contributed by atoms with E-state index in [0.29, 0.717) is 24.7 Å². The fourth-order valence-electron chi connectivity index (χ4n) is 4.51. The molecule has 0 atom stereocenters. The maximum atomic E-state index is 12.6. The van der Waals surface area contributed by atoms with Gasteiger partial charge in [-0.1, -0.05) is 54.1 Å². The van der Waals surface area contributed by atoms with Crippen LogP contribution in [-0.2, 0) is 11.3 Å². The number of hydrogen-bond acceptors (Lipinski definition) is 4. The first kappa shape index (κ1) is 19.8. The molecule has 0 unspecified atom stereocenters. The van der Waals surface area contributed by atoms with Gasteiger partial charge in [0.1, 0.15) is 12.3 Å². The lowest BCUT2D eigenvalue weighted by Gasteiger charge is -2.45. The van der Waals surface area contributed by atoms with Crippen LogP contribution in [0.2, 0.25) is 5.02 Å². The van der Waals surface area contributed by atoms with Gasteiger partial charge in [-0.2, -0.15) is 0 Å². The second kappa shape index (κ2) is 8.16. The van der Waals surface area contributed by atoms with Gasteiger partial charge >= 0.3 is 6.09 Å². The van der Waals surface area contributed by atoms with Crippen molar-refractivity contribution in [2.75, 3.05) is 23.3 Å². The standard InChI is InChI=1S/C25H24ClN3O2/c26-20-10-12-21(13-11-20)29-23-9-5-4-8-22(23)27-25(29)14-16-28(17-15-25)24(30)31-18-19-6-2-1-3-7-19/h1-13,27H,14-18H2. The molecule has 1 saturated heterocycles. The van der Waals surface area contributed by atoms with E-state index in [1.54, 1.807) is 4.90 Å². The van der Waals surface area contributed by atoms with Gasteiger partial charge in [0, 0.05) is 36.6 Å². The molecule has 31 heavy (non-hydrogen) atoms. The van der Waals surface area contributed by atoms with Crippen LogP contribution >= 0.6 is 11.6 Å². The number of rotatable bonds is 3. The number of ether oxygens (including phenoxy) is 1. The lowest BCUT2D eigenvalue weighted by Crippen LogP contribution is -2.56. The highest BCUT2D eigenvalue weighted by molar-refractivity contribution is 6.30. The molecule has 1 amide bonds. The number of para-hydroxylation sites is 2. The average molecular weight is 434 g/mol. The summed E-state index contributed by atoms with van der Waals surface area (Å²) < 4.78 is 5.54. The first-order valence-corrected chi connectivity index (χ1v) is 10.9. The summed E-state index contributed by atoms with van der Waals surface area (Å²) in [6, 6.07) is 26.0. The van der Waals surface area contributed by atoms with Crippen molar-refractivity contribution in [1.82, 2.24) is 4.90 Å². The molecule has 5 nitrogen and oxygen atoms in total. The Kier molecular flexibility index (Phi) is 5.20. The molecule has 0 bridgehead atoms. The SMILES string of the molecule is O=C(OCc1ccccc1)N1CCC2(CC1)Nc1ccccc1N2c1ccc(Cl)cc1. The molecule has 2 aliphatic rings. The second-order valence-electron chi connectivity index (χ2n) is 8.01. The van der Waals surface area contributed by atoms with Crippen molar-refractivity contribution >= 4 is 34.8 Å². The zero-order valence-corrected chi connectivity index (χ0v) is 17.9. The van der Waals surface area contributed by atoms with Crippen molar-refractivity contribution in [3.63, 3.8) is 0 Å². The van der Waals surface area contributed by atoms with Crippen molar-refractivity contribution in [2.24, 2.45) is 0 Å². The number of piperidine rings is 1. The second-order valence-corrected chi connectivity index (χ2v) is 8.45. The van der Waals surface area contributed by atoms with E-state index in [1.165, 1.54) is 0 Å². The minimum atomic E-state index is -0.284. The summed E-state index contributed by atoms with van der Waals surface area (Å²) in [5.74, 6) is 0. The number of hydrogen-bond donors (Lipinski definition) is 1. The van der Waals surface area contributed by atoms with Gasteiger partial charge in [0.25, 0.3) is 0 Å². The summed E-state index contributed by atoms with van der Waals surface area (Å²) >= 11 is 6.13. The van der Waals surface area contributed by atoms with Crippen molar-refractivity contribution < 1.29 is 9.53 Å². The number of benzene rings is 3. The molecule has 0 aromatic heterocycles. The number of carbonyl (C=O) groups is 1. The largest absolute Gasteiger partial charge is 0.445 e. The third kappa shape index (κ3) is 3.81. The van der Waals surface area contributed by atoms with E-state index < -0.39 is 0 Å². The molecule has 0 aliphatic carbocycles. The number of anilines is 3. The van der Waals surface area contributed by atoms with Crippen LogP contribution in [0.4, 0.5) is 21.9 Å². The molecule has 6 heteroatoms. The van der Waals surface area contributed by atoms with Crippen LogP contribution in [0.25, 0.3) is 0 Å². The van der Waals surface area contributed by atoms with Gasteiger partial charge in [-0.25, -0.2) is 4.79 Å². The van der Waals surface area contributed by atoms with Crippen molar-refractivity contribution in [2.45, 2.75) is 25.1 Å². The highest BCUT2D eigenvalue weighted by Gasteiger charge is 2.46. The van der Waals surface area contributed by atoms with E-state index in [4.69, 9.17) is 16.3 Å².